The molecule has 0 aromatic heterocycles. The van der Waals surface area contributed by atoms with E-state index in [9.17, 15) is 33.9 Å². The van der Waals surface area contributed by atoms with Crippen molar-refractivity contribution in [2.75, 3.05) is 0 Å². The molecule has 3 heterocycles. The predicted octanol–water partition coefficient (Wildman–Crippen LogP) is 3.38. The quantitative estimate of drug-likeness (QED) is 0.104. The molecule has 256 valence electrons. The average molecular weight is 677 g/mol. The van der Waals surface area contributed by atoms with Crippen LogP contribution in [-0.2, 0) is 57.2 Å². The summed E-state index contributed by atoms with van der Waals surface area (Å²) in [6.07, 6.45) is 16.4. The van der Waals surface area contributed by atoms with Gasteiger partial charge in [0.25, 0.3) is 23.3 Å². The van der Waals surface area contributed by atoms with Gasteiger partial charge in [0.15, 0.2) is 0 Å². The second-order valence-electron chi connectivity index (χ2n) is 11.7. The van der Waals surface area contributed by atoms with Crippen molar-refractivity contribution in [2.45, 2.75) is 75.7 Å². The minimum absolute atomic E-state index is 0.0543. The molecule has 0 bridgehead atoms. The number of ether oxygens (including phenoxy) is 6. The Bertz CT molecular complexity index is 1680. The molecule has 0 unspecified atom stereocenters. The van der Waals surface area contributed by atoms with Crippen molar-refractivity contribution in [3.05, 3.63) is 83.4 Å². The van der Waals surface area contributed by atoms with Crippen LogP contribution < -0.4 is 0 Å². The normalized spacial score (nSPS) is 30.3. The van der Waals surface area contributed by atoms with Crippen LogP contribution in [0, 0.1) is 17.9 Å². The number of ketones is 1. The summed E-state index contributed by atoms with van der Waals surface area (Å²) in [5, 5.41) is 19.2. The van der Waals surface area contributed by atoms with Crippen molar-refractivity contribution in [3.63, 3.8) is 0 Å². The van der Waals surface area contributed by atoms with Crippen molar-refractivity contribution >= 4 is 35.6 Å². The molecule has 3 spiro atoms. The molecular formula is C35H32O14. The average Bonchev–Trinajstić information content (AvgIpc) is 3.04. The van der Waals surface area contributed by atoms with E-state index in [0.717, 1.165) is 6.08 Å². The van der Waals surface area contributed by atoms with Gasteiger partial charge in [0.05, 0.1) is 0 Å². The highest BCUT2D eigenvalue weighted by atomic mass is 16.8. The van der Waals surface area contributed by atoms with E-state index in [-0.39, 0.29) is 68.1 Å². The number of hydrogen-bond donors (Lipinski definition) is 2. The van der Waals surface area contributed by atoms with Gasteiger partial charge >= 0.3 is 29.8 Å². The molecule has 5 aliphatic rings. The van der Waals surface area contributed by atoms with Crippen molar-refractivity contribution in [1.82, 2.24) is 0 Å². The third-order valence-electron chi connectivity index (χ3n) is 8.50. The smallest absolute Gasteiger partial charge is 0.348 e. The van der Waals surface area contributed by atoms with Gasteiger partial charge in [-0.3, -0.25) is 4.79 Å². The summed E-state index contributed by atoms with van der Waals surface area (Å²) >= 11 is 0. The minimum atomic E-state index is -1.57. The Labute approximate surface area is 280 Å². The van der Waals surface area contributed by atoms with Gasteiger partial charge < -0.3 is 38.6 Å². The van der Waals surface area contributed by atoms with Gasteiger partial charge in [0.2, 0.25) is 5.78 Å². The number of carbonyl (C=O) groups is 6. The highest BCUT2D eigenvalue weighted by molar-refractivity contribution is 6.16. The summed E-state index contributed by atoms with van der Waals surface area (Å²) in [5.41, 5.74) is -0.944. The van der Waals surface area contributed by atoms with E-state index in [1.54, 1.807) is 24.3 Å². The first kappa shape index (κ1) is 34.5. The van der Waals surface area contributed by atoms with Crippen LogP contribution >= 0.6 is 0 Å². The molecule has 2 saturated carbocycles. The molecule has 0 aromatic carbocycles. The van der Waals surface area contributed by atoms with Gasteiger partial charge in [-0.2, -0.15) is 0 Å². The molecule has 5 rings (SSSR count). The Hall–Kier alpha value is -5.84. The molecule has 0 radical (unpaired) electrons. The first-order valence-electron chi connectivity index (χ1n) is 15.5. The molecule has 14 heteroatoms. The van der Waals surface area contributed by atoms with Crippen LogP contribution in [0.2, 0.25) is 0 Å². The molecular weight excluding hydrogens is 644 g/mol. The van der Waals surface area contributed by atoms with Crippen LogP contribution in [-0.4, -0.2) is 63.2 Å². The molecule has 2 N–H and O–H groups in total. The van der Waals surface area contributed by atoms with Gasteiger partial charge in [-0.25, -0.2) is 24.0 Å². The zero-order valence-corrected chi connectivity index (χ0v) is 26.3. The predicted molar refractivity (Wildman–Crippen MR) is 163 cm³/mol. The fraction of sp³-hybridized carbons (Fsp3) is 0.371. The van der Waals surface area contributed by atoms with Crippen LogP contribution in [0.3, 0.4) is 0 Å². The maximum atomic E-state index is 12.8. The number of aliphatic hydroxyl groups is 2. The van der Waals surface area contributed by atoms with E-state index >= 15 is 0 Å². The molecule has 2 saturated heterocycles. The molecule has 4 fully saturated rings. The molecule has 0 atom stereocenters. The van der Waals surface area contributed by atoms with Gasteiger partial charge in [-0.1, -0.05) is 42.5 Å². The van der Waals surface area contributed by atoms with Crippen molar-refractivity contribution in [2.24, 2.45) is 5.92 Å². The lowest BCUT2D eigenvalue weighted by atomic mass is 9.82. The molecule has 49 heavy (non-hydrogen) atoms. The zero-order chi connectivity index (χ0) is 35.2. The van der Waals surface area contributed by atoms with Gasteiger partial charge in [-0.15, -0.1) is 0 Å². The van der Waals surface area contributed by atoms with Gasteiger partial charge in [0, 0.05) is 50.4 Å². The third-order valence-corrected chi connectivity index (χ3v) is 8.50. The van der Waals surface area contributed by atoms with E-state index in [1.807, 2.05) is 6.92 Å². The summed E-state index contributed by atoms with van der Waals surface area (Å²) < 4.78 is 32.9. The summed E-state index contributed by atoms with van der Waals surface area (Å²) in [7, 11) is 0. The molecule has 2 aliphatic carbocycles. The van der Waals surface area contributed by atoms with E-state index in [2.05, 4.69) is 5.92 Å². The fourth-order valence-corrected chi connectivity index (χ4v) is 5.87. The second-order valence-corrected chi connectivity index (χ2v) is 11.7. The second kappa shape index (κ2) is 14.1. The van der Waals surface area contributed by atoms with Crippen LogP contribution in [0.4, 0.5) is 0 Å². The molecule has 3 aliphatic heterocycles. The lowest BCUT2D eigenvalue weighted by Gasteiger charge is -2.46. The van der Waals surface area contributed by atoms with Crippen LogP contribution in [0.5, 0.6) is 0 Å². The number of hydrogen-bond acceptors (Lipinski definition) is 14. The summed E-state index contributed by atoms with van der Waals surface area (Å²) in [4.78, 5) is 75.0. The molecule has 14 nitrogen and oxygen atoms in total. The number of aliphatic hydroxyl groups excluding tert-OH is 2. The Kier molecular flexibility index (Phi) is 9.93. The monoisotopic (exact) mass is 676 g/mol. The van der Waals surface area contributed by atoms with Gasteiger partial charge in [-0.05, 0) is 38.0 Å². The highest BCUT2D eigenvalue weighted by Gasteiger charge is 2.56. The Morgan fingerprint density at radius 1 is 0.653 bits per heavy atom. The van der Waals surface area contributed by atoms with E-state index in [4.69, 9.17) is 33.5 Å². The minimum Gasteiger partial charge on any atom is -0.480 e. The molecule has 0 amide bonds. The number of esters is 5. The fourth-order valence-electron chi connectivity index (χ4n) is 5.87. The standard InChI is InChI=1S/C35H32O14/c1-2-3-4-6-9-23-29(40)46-34(47-30(23)41)17-19-35(20-18-34)48-31(42)25(32(43)49-35)11-8-5-7-10-24-27(38)44-33(45-28(24)39)15-12-22(13-16-33)26(37)14-21-36/h2-11,22,36,42H,12-13,15-20H2,1H3/b3-2+,6-4+,7-5+,11-8+,23-9?,24-10?. The Balaban J connectivity index is 1.15. The summed E-state index contributed by atoms with van der Waals surface area (Å²) in [6.45, 7) is 1.81. The number of allylic oxidation sites excluding steroid dienone is 9. The maximum absolute atomic E-state index is 12.8. The van der Waals surface area contributed by atoms with E-state index < -0.39 is 64.9 Å². The van der Waals surface area contributed by atoms with Crippen molar-refractivity contribution in [1.29, 1.82) is 0 Å². The number of Topliss-reactive ketones (excluding diaryl/α,β-unsaturated/α-hetero) is 1. The van der Waals surface area contributed by atoms with E-state index in [1.165, 1.54) is 36.5 Å². The summed E-state index contributed by atoms with van der Waals surface area (Å²) in [6, 6.07) is 0. The third kappa shape index (κ3) is 7.51. The molecule has 0 aromatic rings. The van der Waals surface area contributed by atoms with Crippen LogP contribution in [0.25, 0.3) is 0 Å². The highest BCUT2D eigenvalue weighted by Crippen LogP contribution is 2.46. The van der Waals surface area contributed by atoms with Crippen LogP contribution in [0.1, 0.15) is 58.3 Å². The Morgan fingerprint density at radius 2 is 1.10 bits per heavy atom. The topological polar surface area (TPSA) is 198 Å². The summed E-state index contributed by atoms with van der Waals surface area (Å²) in [5.74, 6) is -8.55. The lowest BCUT2D eigenvalue weighted by Crippen LogP contribution is -2.54. The van der Waals surface area contributed by atoms with Gasteiger partial charge in [0.1, 0.15) is 22.8 Å². The zero-order valence-electron chi connectivity index (χ0n) is 26.3. The first-order chi connectivity index (χ1) is 23.4. The maximum Gasteiger partial charge on any atom is 0.348 e. The SMILES string of the molecule is C/C=C/C=C/C=C1C(=O)OC2(CCC3(CC2)OC(=O)C(/C=C/C=C/C=C2C(=O)OC4(CCC(C(=O)C#CO)CC4)OC2=O)=C(O)O3)OC1=O. The first-order valence-corrected chi connectivity index (χ1v) is 15.5. The number of rotatable bonds is 6. The lowest BCUT2D eigenvalue weighted by molar-refractivity contribution is -0.297. The number of carbonyl (C=O) groups excluding carboxylic acids is 6. The van der Waals surface area contributed by atoms with Crippen molar-refractivity contribution in [3.8, 4) is 12.0 Å². The largest absolute Gasteiger partial charge is 0.480 e. The van der Waals surface area contributed by atoms with E-state index in [0.29, 0.717) is 0 Å². The van der Waals surface area contributed by atoms with Crippen LogP contribution in [0.15, 0.2) is 83.4 Å². The van der Waals surface area contributed by atoms with Crippen molar-refractivity contribution < 1.29 is 67.4 Å². The Morgan fingerprint density at radius 3 is 1.57 bits per heavy atom.